The number of nitriles is 1. The quantitative estimate of drug-likeness (QED) is 0.915. The summed E-state index contributed by atoms with van der Waals surface area (Å²) >= 11 is 0. The van der Waals surface area contributed by atoms with Gasteiger partial charge in [-0.05, 0) is 25.0 Å². The summed E-state index contributed by atoms with van der Waals surface area (Å²) in [5.74, 6) is -0.0449. The lowest BCUT2D eigenvalue weighted by molar-refractivity contribution is -0.117. The summed E-state index contributed by atoms with van der Waals surface area (Å²) in [7, 11) is 0. The number of carbonyl (C=O) groups is 1. The van der Waals surface area contributed by atoms with Crippen LogP contribution in [0.1, 0.15) is 24.8 Å². The zero-order chi connectivity index (χ0) is 14.7. The highest BCUT2D eigenvalue weighted by atomic mass is 16.5. The fourth-order valence-corrected chi connectivity index (χ4v) is 3.04. The second-order valence-electron chi connectivity index (χ2n) is 5.67. The fourth-order valence-electron chi connectivity index (χ4n) is 3.04. The average Bonchev–Trinajstić information content (AvgIpc) is 2.84. The Morgan fingerprint density at radius 1 is 1.33 bits per heavy atom. The number of fused-ring (bicyclic) bond motifs is 2. The summed E-state index contributed by atoms with van der Waals surface area (Å²) in [5, 5.41) is 11.8. The maximum Gasteiger partial charge on any atom is 0.225 e. The molecule has 2 unspecified atom stereocenters. The molecule has 2 atom stereocenters. The van der Waals surface area contributed by atoms with Gasteiger partial charge in [0.05, 0.1) is 23.5 Å². The highest BCUT2D eigenvalue weighted by Gasteiger charge is 2.33. The van der Waals surface area contributed by atoms with Crippen LogP contribution in [-0.4, -0.2) is 42.6 Å². The van der Waals surface area contributed by atoms with E-state index < -0.39 is 0 Å². The summed E-state index contributed by atoms with van der Waals surface area (Å²) in [6.07, 6.45) is 3.43. The topological polar surface area (TPSA) is 65.4 Å². The van der Waals surface area contributed by atoms with Crippen LogP contribution in [-0.2, 0) is 9.53 Å². The smallest absolute Gasteiger partial charge is 0.225 e. The fraction of sp³-hybridized carbons (Fsp3) is 0.500. The van der Waals surface area contributed by atoms with Gasteiger partial charge in [0, 0.05) is 26.1 Å². The van der Waals surface area contributed by atoms with Gasteiger partial charge in [-0.25, -0.2) is 0 Å². The number of likely N-dealkylation sites (tertiary alicyclic amines) is 1. The number of anilines is 1. The van der Waals surface area contributed by atoms with E-state index in [2.05, 4.69) is 16.3 Å². The van der Waals surface area contributed by atoms with Crippen LogP contribution in [0, 0.1) is 11.3 Å². The number of ether oxygens (including phenoxy) is 1. The Bertz CT molecular complexity index is 555. The van der Waals surface area contributed by atoms with Crippen molar-refractivity contribution in [1.29, 1.82) is 5.26 Å². The molecule has 5 heteroatoms. The lowest BCUT2D eigenvalue weighted by Gasteiger charge is -2.31. The molecule has 0 spiro atoms. The SMILES string of the molecule is N#Cc1ccccc1NC(=O)CCN1CC2CCC(C1)O2. The van der Waals surface area contributed by atoms with Gasteiger partial charge in [-0.15, -0.1) is 0 Å². The molecule has 5 nitrogen and oxygen atoms in total. The molecule has 1 N–H and O–H groups in total. The molecule has 2 aliphatic rings. The zero-order valence-electron chi connectivity index (χ0n) is 11.9. The van der Waals surface area contributed by atoms with Crippen LogP contribution in [0.25, 0.3) is 0 Å². The highest BCUT2D eigenvalue weighted by molar-refractivity contribution is 5.92. The lowest BCUT2D eigenvalue weighted by atomic mass is 10.2. The molecule has 0 radical (unpaired) electrons. The van der Waals surface area contributed by atoms with E-state index in [0.717, 1.165) is 32.5 Å². The number of nitrogens with one attached hydrogen (secondary N) is 1. The third-order valence-electron chi connectivity index (χ3n) is 4.10. The van der Waals surface area contributed by atoms with Crippen LogP contribution < -0.4 is 5.32 Å². The van der Waals surface area contributed by atoms with E-state index in [9.17, 15) is 4.79 Å². The van der Waals surface area contributed by atoms with Gasteiger partial charge in [0.15, 0.2) is 0 Å². The minimum Gasteiger partial charge on any atom is -0.372 e. The van der Waals surface area contributed by atoms with E-state index in [1.807, 2.05) is 6.07 Å². The Kier molecular flexibility index (Phi) is 4.18. The monoisotopic (exact) mass is 285 g/mol. The van der Waals surface area contributed by atoms with Crippen molar-refractivity contribution in [3.05, 3.63) is 29.8 Å². The Morgan fingerprint density at radius 3 is 2.76 bits per heavy atom. The zero-order valence-corrected chi connectivity index (χ0v) is 11.9. The summed E-state index contributed by atoms with van der Waals surface area (Å²) in [5.41, 5.74) is 1.09. The van der Waals surface area contributed by atoms with Gasteiger partial charge in [-0.1, -0.05) is 12.1 Å². The van der Waals surface area contributed by atoms with E-state index >= 15 is 0 Å². The van der Waals surface area contributed by atoms with Crippen LogP contribution in [0.2, 0.25) is 0 Å². The van der Waals surface area contributed by atoms with Crippen LogP contribution in [0.3, 0.4) is 0 Å². The molecular weight excluding hydrogens is 266 g/mol. The first-order chi connectivity index (χ1) is 10.2. The minimum atomic E-state index is -0.0449. The number of para-hydroxylation sites is 1. The van der Waals surface area contributed by atoms with Gasteiger partial charge < -0.3 is 10.1 Å². The largest absolute Gasteiger partial charge is 0.372 e. The van der Waals surface area contributed by atoms with Crippen molar-refractivity contribution in [2.75, 3.05) is 25.0 Å². The molecule has 1 amide bonds. The standard InChI is InChI=1S/C16H19N3O2/c17-9-12-3-1-2-4-15(12)18-16(20)7-8-19-10-13-5-6-14(11-19)21-13/h1-4,13-14H,5-8,10-11H2,(H,18,20). The van der Waals surface area contributed by atoms with E-state index in [0.29, 0.717) is 29.9 Å². The normalized spacial score (nSPS) is 24.5. The third-order valence-corrected chi connectivity index (χ3v) is 4.10. The van der Waals surface area contributed by atoms with Gasteiger partial charge in [0.1, 0.15) is 6.07 Å². The highest BCUT2D eigenvalue weighted by Crippen LogP contribution is 2.26. The predicted octanol–water partition coefficient (Wildman–Crippen LogP) is 1.75. The Balaban J connectivity index is 1.49. The summed E-state index contributed by atoms with van der Waals surface area (Å²) in [6.45, 7) is 2.61. The molecule has 110 valence electrons. The summed E-state index contributed by atoms with van der Waals surface area (Å²) < 4.78 is 5.78. The van der Waals surface area contributed by atoms with E-state index in [4.69, 9.17) is 10.00 Å². The average molecular weight is 285 g/mol. The van der Waals surface area contributed by atoms with Crippen molar-refractivity contribution in [3.8, 4) is 6.07 Å². The maximum atomic E-state index is 12.0. The lowest BCUT2D eigenvalue weighted by Crippen LogP contribution is -2.43. The molecule has 0 aromatic heterocycles. The van der Waals surface area contributed by atoms with E-state index in [1.54, 1.807) is 18.2 Å². The number of morpholine rings is 1. The second kappa shape index (κ2) is 6.25. The molecule has 2 heterocycles. The minimum absolute atomic E-state index is 0.0449. The number of amides is 1. The molecule has 21 heavy (non-hydrogen) atoms. The Morgan fingerprint density at radius 2 is 2.05 bits per heavy atom. The Hall–Kier alpha value is -1.90. The maximum absolute atomic E-state index is 12.0. The number of nitrogens with zero attached hydrogens (tertiary/aromatic N) is 2. The van der Waals surface area contributed by atoms with Crippen molar-refractivity contribution in [1.82, 2.24) is 4.90 Å². The molecule has 1 aromatic rings. The number of benzene rings is 1. The molecular formula is C16H19N3O2. The summed E-state index contributed by atoms with van der Waals surface area (Å²) in [4.78, 5) is 14.3. The van der Waals surface area contributed by atoms with Crippen LogP contribution in [0.4, 0.5) is 5.69 Å². The van der Waals surface area contributed by atoms with Gasteiger partial charge >= 0.3 is 0 Å². The first-order valence-corrected chi connectivity index (χ1v) is 7.41. The number of carbonyl (C=O) groups excluding carboxylic acids is 1. The molecule has 0 saturated carbocycles. The van der Waals surface area contributed by atoms with Crippen molar-refractivity contribution >= 4 is 11.6 Å². The van der Waals surface area contributed by atoms with Gasteiger partial charge in [-0.2, -0.15) is 5.26 Å². The number of hydrogen-bond donors (Lipinski definition) is 1. The van der Waals surface area contributed by atoms with Crippen molar-refractivity contribution in [3.63, 3.8) is 0 Å². The van der Waals surface area contributed by atoms with Crippen LogP contribution >= 0.6 is 0 Å². The summed E-state index contributed by atoms with van der Waals surface area (Å²) in [6, 6.07) is 9.15. The molecule has 2 aliphatic heterocycles. The van der Waals surface area contributed by atoms with Crippen molar-refractivity contribution in [2.45, 2.75) is 31.5 Å². The van der Waals surface area contributed by atoms with Crippen molar-refractivity contribution in [2.24, 2.45) is 0 Å². The number of rotatable bonds is 4. The molecule has 2 fully saturated rings. The molecule has 3 rings (SSSR count). The number of hydrogen-bond acceptors (Lipinski definition) is 4. The Labute approximate surface area is 124 Å². The first kappa shape index (κ1) is 14.1. The molecule has 1 aromatic carbocycles. The van der Waals surface area contributed by atoms with E-state index in [1.165, 1.54) is 0 Å². The molecule has 2 bridgehead atoms. The van der Waals surface area contributed by atoms with Gasteiger partial charge in [0.2, 0.25) is 5.91 Å². The predicted molar refractivity (Wildman–Crippen MR) is 78.7 cm³/mol. The van der Waals surface area contributed by atoms with Gasteiger partial charge in [-0.3, -0.25) is 9.69 Å². The molecule has 0 aliphatic carbocycles. The van der Waals surface area contributed by atoms with Crippen molar-refractivity contribution < 1.29 is 9.53 Å². The third kappa shape index (κ3) is 3.41. The van der Waals surface area contributed by atoms with Crippen LogP contribution in [0.5, 0.6) is 0 Å². The first-order valence-electron chi connectivity index (χ1n) is 7.41. The van der Waals surface area contributed by atoms with E-state index in [-0.39, 0.29) is 5.91 Å². The van der Waals surface area contributed by atoms with Gasteiger partial charge in [0.25, 0.3) is 0 Å². The molecule has 2 saturated heterocycles. The second-order valence-corrected chi connectivity index (χ2v) is 5.67. The van der Waals surface area contributed by atoms with Crippen LogP contribution in [0.15, 0.2) is 24.3 Å².